The van der Waals surface area contributed by atoms with Crippen molar-refractivity contribution >= 4 is 5.91 Å². The van der Waals surface area contributed by atoms with Crippen LogP contribution in [0.3, 0.4) is 0 Å². The van der Waals surface area contributed by atoms with Gasteiger partial charge in [0.15, 0.2) is 0 Å². The van der Waals surface area contributed by atoms with Crippen LogP contribution in [-0.4, -0.2) is 66.4 Å². The SMILES string of the molecule is CCN(CC)C(=O)CN1C[C@@H]2CN(Cc3ccccc3)C[C@@H]2C1. The maximum absolute atomic E-state index is 12.3. The Morgan fingerprint density at radius 2 is 1.57 bits per heavy atom. The molecule has 2 aliphatic rings. The summed E-state index contributed by atoms with van der Waals surface area (Å²) < 4.78 is 0. The van der Waals surface area contributed by atoms with Gasteiger partial charge in [0.1, 0.15) is 0 Å². The van der Waals surface area contributed by atoms with Crippen molar-refractivity contribution in [1.82, 2.24) is 14.7 Å². The third kappa shape index (κ3) is 3.93. The number of hydrogen-bond acceptors (Lipinski definition) is 3. The van der Waals surface area contributed by atoms with Crippen molar-refractivity contribution in [3.05, 3.63) is 35.9 Å². The Hall–Kier alpha value is -1.39. The molecule has 0 N–H and O–H groups in total. The Bertz CT molecular complexity index is 501. The highest BCUT2D eigenvalue weighted by Crippen LogP contribution is 2.31. The summed E-state index contributed by atoms with van der Waals surface area (Å²) >= 11 is 0. The van der Waals surface area contributed by atoms with E-state index in [-0.39, 0.29) is 5.91 Å². The first-order valence-corrected chi connectivity index (χ1v) is 8.96. The first-order chi connectivity index (χ1) is 11.2. The predicted molar refractivity (Wildman–Crippen MR) is 93.1 cm³/mol. The number of fused-ring (bicyclic) bond motifs is 1. The van der Waals surface area contributed by atoms with Crippen LogP contribution in [0.5, 0.6) is 0 Å². The smallest absolute Gasteiger partial charge is 0.236 e. The van der Waals surface area contributed by atoms with Crippen molar-refractivity contribution in [3.8, 4) is 0 Å². The average molecular weight is 315 g/mol. The predicted octanol–water partition coefficient (Wildman–Crippen LogP) is 1.92. The minimum atomic E-state index is 0.288. The highest BCUT2D eigenvalue weighted by Gasteiger charge is 2.40. The third-order valence-electron chi connectivity index (χ3n) is 5.36. The number of benzene rings is 1. The summed E-state index contributed by atoms with van der Waals surface area (Å²) in [4.78, 5) is 19.1. The van der Waals surface area contributed by atoms with Crippen LogP contribution in [0.2, 0.25) is 0 Å². The minimum absolute atomic E-state index is 0.288. The van der Waals surface area contributed by atoms with Crippen LogP contribution in [0.25, 0.3) is 0 Å². The topological polar surface area (TPSA) is 26.8 Å². The molecule has 2 saturated heterocycles. The van der Waals surface area contributed by atoms with E-state index in [9.17, 15) is 4.79 Å². The molecule has 4 heteroatoms. The molecule has 2 atom stereocenters. The summed E-state index contributed by atoms with van der Waals surface area (Å²) in [5.41, 5.74) is 1.40. The summed E-state index contributed by atoms with van der Waals surface area (Å²) in [7, 11) is 0. The zero-order chi connectivity index (χ0) is 16.2. The van der Waals surface area contributed by atoms with Crippen LogP contribution in [-0.2, 0) is 11.3 Å². The molecule has 2 fully saturated rings. The Morgan fingerprint density at radius 1 is 1.00 bits per heavy atom. The van der Waals surface area contributed by atoms with E-state index >= 15 is 0 Å². The van der Waals surface area contributed by atoms with Crippen molar-refractivity contribution in [2.45, 2.75) is 20.4 Å². The van der Waals surface area contributed by atoms with E-state index in [2.05, 4.69) is 54.0 Å². The Balaban J connectivity index is 1.47. The normalized spacial score (nSPS) is 24.8. The van der Waals surface area contributed by atoms with Crippen molar-refractivity contribution < 1.29 is 4.79 Å². The van der Waals surface area contributed by atoms with Gasteiger partial charge in [-0.15, -0.1) is 0 Å². The van der Waals surface area contributed by atoms with Crippen LogP contribution in [0, 0.1) is 11.8 Å². The number of amides is 1. The first-order valence-electron chi connectivity index (χ1n) is 8.96. The average Bonchev–Trinajstić information content (AvgIpc) is 3.07. The molecule has 1 amide bonds. The molecular formula is C19H29N3O. The molecule has 0 aliphatic carbocycles. The lowest BCUT2D eigenvalue weighted by atomic mass is 10.0. The number of likely N-dealkylation sites (tertiary alicyclic amines) is 2. The quantitative estimate of drug-likeness (QED) is 0.802. The monoisotopic (exact) mass is 315 g/mol. The summed E-state index contributed by atoms with van der Waals surface area (Å²) in [6.45, 7) is 11.9. The molecule has 1 aromatic rings. The Morgan fingerprint density at radius 3 is 2.13 bits per heavy atom. The van der Waals surface area contributed by atoms with Crippen molar-refractivity contribution in [1.29, 1.82) is 0 Å². The Labute approximate surface area is 140 Å². The zero-order valence-corrected chi connectivity index (χ0v) is 14.4. The summed E-state index contributed by atoms with van der Waals surface area (Å²) in [6.07, 6.45) is 0. The van der Waals surface area contributed by atoms with Crippen molar-refractivity contribution in [3.63, 3.8) is 0 Å². The lowest BCUT2D eigenvalue weighted by Gasteiger charge is -2.24. The summed E-state index contributed by atoms with van der Waals surface area (Å²) in [6, 6.07) is 10.7. The molecule has 1 aromatic carbocycles. The molecule has 23 heavy (non-hydrogen) atoms. The summed E-state index contributed by atoms with van der Waals surface area (Å²) in [5.74, 6) is 1.77. The van der Waals surface area contributed by atoms with Gasteiger partial charge >= 0.3 is 0 Å². The van der Waals surface area contributed by atoms with Crippen LogP contribution >= 0.6 is 0 Å². The maximum Gasteiger partial charge on any atom is 0.236 e. The first kappa shape index (κ1) is 16.5. The van der Waals surface area contributed by atoms with Gasteiger partial charge in [-0.1, -0.05) is 30.3 Å². The van der Waals surface area contributed by atoms with Gasteiger partial charge in [0.2, 0.25) is 5.91 Å². The van der Waals surface area contributed by atoms with Gasteiger partial charge in [0.25, 0.3) is 0 Å². The fourth-order valence-electron chi connectivity index (χ4n) is 4.15. The van der Waals surface area contributed by atoms with Crippen LogP contribution in [0.15, 0.2) is 30.3 Å². The lowest BCUT2D eigenvalue weighted by molar-refractivity contribution is -0.131. The number of rotatable bonds is 6. The molecule has 2 aliphatic heterocycles. The molecule has 126 valence electrons. The van der Waals surface area contributed by atoms with E-state index in [0.717, 1.165) is 44.6 Å². The van der Waals surface area contributed by atoms with Gasteiger partial charge in [-0.2, -0.15) is 0 Å². The highest BCUT2D eigenvalue weighted by atomic mass is 16.2. The largest absolute Gasteiger partial charge is 0.342 e. The molecule has 0 bridgehead atoms. The number of carbonyl (C=O) groups is 1. The molecule has 4 nitrogen and oxygen atoms in total. The molecule has 0 saturated carbocycles. The second kappa shape index (κ2) is 7.45. The summed E-state index contributed by atoms with van der Waals surface area (Å²) in [5, 5.41) is 0. The second-order valence-electron chi connectivity index (χ2n) is 6.96. The van der Waals surface area contributed by atoms with Gasteiger partial charge in [-0.25, -0.2) is 0 Å². The number of likely N-dealkylation sites (N-methyl/N-ethyl adjacent to an activating group) is 1. The third-order valence-corrected chi connectivity index (χ3v) is 5.36. The number of nitrogens with zero attached hydrogens (tertiary/aromatic N) is 3. The van der Waals surface area contributed by atoms with E-state index < -0.39 is 0 Å². The molecule has 3 rings (SSSR count). The van der Waals surface area contributed by atoms with E-state index in [1.165, 1.54) is 18.7 Å². The maximum atomic E-state index is 12.3. The zero-order valence-electron chi connectivity index (χ0n) is 14.4. The van der Waals surface area contributed by atoms with Crippen LogP contribution in [0.1, 0.15) is 19.4 Å². The molecule has 0 spiro atoms. The van der Waals surface area contributed by atoms with Crippen molar-refractivity contribution in [2.24, 2.45) is 11.8 Å². The van der Waals surface area contributed by atoms with Crippen LogP contribution in [0.4, 0.5) is 0 Å². The van der Waals surface area contributed by atoms with Crippen LogP contribution < -0.4 is 0 Å². The van der Waals surface area contributed by atoms with E-state index in [1.807, 2.05) is 4.90 Å². The molecule has 0 radical (unpaired) electrons. The van der Waals surface area contributed by atoms with Gasteiger partial charge in [-0.3, -0.25) is 14.6 Å². The molecular weight excluding hydrogens is 286 g/mol. The number of hydrogen-bond donors (Lipinski definition) is 0. The minimum Gasteiger partial charge on any atom is -0.342 e. The highest BCUT2D eigenvalue weighted by molar-refractivity contribution is 5.78. The molecule has 0 unspecified atom stereocenters. The van der Waals surface area contributed by atoms with E-state index in [4.69, 9.17) is 0 Å². The van der Waals surface area contributed by atoms with E-state index in [1.54, 1.807) is 0 Å². The fraction of sp³-hybridized carbons (Fsp3) is 0.632. The fourth-order valence-corrected chi connectivity index (χ4v) is 4.15. The van der Waals surface area contributed by atoms with Gasteiger partial charge in [0.05, 0.1) is 6.54 Å². The van der Waals surface area contributed by atoms with Crippen molar-refractivity contribution in [2.75, 3.05) is 45.8 Å². The van der Waals surface area contributed by atoms with Gasteiger partial charge in [-0.05, 0) is 31.2 Å². The Kier molecular flexibility index (Phi) is 5.34. The van der Waals surface area contributed by atoms with E-state index in [0.29, 0.717) is 6.54 Å². The lowest BCUT2D eigenvalue weighted by Crippen LogP contribution is -2.40. The standard InChI is InChI=1S/C19H29N3O/c1-3-22(4-2)19(23)15-21-13-17-11-20(12-18(17)14-21)10-16-8-6-5-7-9-16/h5-9,17-18H,3-4,10-15H2,1-2H3/t17-,18+. The molecule has 0 aromatic heterocycles. The van der Waals surface area contributed by atoms with Gasteiger partial charge < -0.3 is 4.90 Å². The van der Waals surface area contributed by atoms with Gasteiger partial charge in [0, 0.05) is 45.8 Å². The second-order valence-corrected chi connectivity index (χ2v) is 6.96. The number of carbonyl (C=O) groups excluding carboxylic acids is 1. The molecule has 2 heterocycles.